The predicted octanol–water partition coefficient (Wildman–Crippen LogP) is 2.81. The third-order valence-corrected chi connectivity index (χ3v) is 4.56. The zero-order valence-corrected chi connectivity index (χ0v) is 11.6. The predicted molar refractivity (Wildman–Crippen MR) is 74.5 cm³/mol. The molecule has 0 bridgehead atoms. The molecule has 1 aromatic rings. The van der Waals surface area contributed by atoms with Crippen LogP contribution in [-0.4, -0.2) is 33.0 Å². The van der Waals surface area contributed by atoms with Crippen LogP contribution in [0.2, 0.25) is 0 Å². The van der Waals surface area contributed by atoms with Crippen LogP contribution in [0.3, 0.4) is 0 Å². The van der Waals surface area contributed by atoms with E-state index in [1.807, 2.05) is 0 Å². The average Bonchev–Trinajstić information content (AvgIpc) is 2.89. The molecule has 0 amide bonds. The molecule has 0 aliphatic heterocycles. The normalized spacial score (nSPS) is 17.5. The Kier molecular flexibility index (Phi) is 5.22. The maximum Gasteiger partial charge on any atom is 0.335 e. The van der Waals surface area contributed by atoms with Crippen molar-refractivity contribution in [1.29, 1.82) is 0 Å². The van der Waals surface area contributed by atoms with Crippen LogP contribution in [0, 0.1) is 5.92 Å². The molecule has 1 atom stereocenters. The number of pyridine rings is 1. The van der Waals surface area contributed by atoms with E-state index in [0.717, 1.165) is 6.42 Å². The third-order valence-electron chi connectivity index (χ3n) is 3.49. The van der Waals surface area contributed by atoms with Gasteiger partial charge in [-0.15, -0.1) is 11.8 Å². The molecule has 1 aromatic heterocycles. The van der Waals surface area contributed by atoms with Gasteiger partial charge in [-0.1, -0.05) is 25.7 Å². The van der Waals surface area contributed by atoms with Gasteiger partial charge in [0.15, 0.2) is 0 Å². The molecule has 1 aliphatic carbocycles. The Hall–Kier alpha value is -1.07. The Balaban J connectivity index is 1.80. The largest absolute Gasteiger partial charge is 0.478 e. The molecule has 2 N–H and O–H groups in total. The lowest BCUT2D eigenvalue weighted by Crippen LogP contribution is -2.14. The Labute approximate surface area is 117 Å². The van der Waals surface area contributed by atoms with Crippen molar-refractivity contribution in [3.8, 4) is 0 Å². The highest BCUT2D eigenvalue weighted by Crippen LogP contribution is 2.29. The van der Waals surface area contributed by atoms with Crippen molar-refractivity contribution in [2.45, 2.75) is 43.2 Å². The molecule has 104 valence electrons. The quantitative estimate of drug-likeness (QED) is 0.785. The van der Waals surface area contributed by atoms with Crippen LogP contribution in [0.25, 0.3) is 0 Å². The van der Waals surface area contributed by atoms with Gasteiger partial charge in [-0.25, -0.2) is 9.78 Å². The summed E-state index contributed by atoms with van der Waals surface area (Å²) in [5.74, 6) is 0.289. The minimum Gasteiger partial charge on any atom is -0.478 e. The summed E-state index contributed by atoms with van der Waals surface area (Å²) in [5, 5.41) is 19.5. The summed E-state index contributed by atoms with van der Waals surface area (Å²) in [6.07, 6.45) is 7.05. The second-order valence-electron chi connectivity index (χ2n) is 5.04. The molecule has 19 heavy (non-hydrogen) atoms. The van der Waals surface area contributed by atoms with Crippen molar-refractivity contribution in [2.24, 2.45) is 5.92 Å². The van der Waals surface area contributed by atoms with Crippen molar-refractivity contribution < 1.29 is 15.0 Å². The number of nitrogens with zero attached hydrogens (tertiary/aromatic N) is 1. The van der Waals surface area contributed by atoms with Crippen LogP contribution in [0.1, 0.15) is 42.5 Å². The average molecular weight is 281 g/mol. The van der Waals surface area contributed by atoms with Crippen molar-refractivity contribution in [2.75, 3.05) is 5.75 Å². The Morgan fingerprint density at radius 2 is 2.21 bits per heavy atom. The molecule has 2 rings (SSSR count). The maximum atomic E-state index is 10.8. The van der Waals surface area contributed by atoms with E-state index < -0.39 is 5.97 Å². The fourth-order valence-corrected chi connectivity index (χ4v) is 3.35. The van der Waals surface area contributed by atoms with Crippen LogP contribution >= 0.6 is 11.8 Å². The number of carboxylic acid groups (broad SMARTS) is 1. The molecular weight excluding hydrogens is 262 g/mol. The number of aliphatic hydroxyl groups is 1. The molecule has 0 aromatic carbocycles. The molecule has 1 unspecified atom stereocenters. The summed E-state index contributed by atoms with van der Waals surface area (Å²) in [7, 11) is 0. The number of hydrogen-bond acceptors (Lipinski definition) is 4. The van der Waals surface area contributed by atoms with E-state index in [1.54, 1.807) is 6.07 Å². The smallest absolute Gasteiger partial charge is 0.335 e. The molecule has 1 saturated carbocycles. The summed E-state index contributed by atoms with van der Waals surface area (Å²) in [5.41, 5.74) is 0.239. The van der Waals surface area contributed by atoms with Gasteiger partial charge in [-0.3, -0.25) is 0 Å². The van der Waals surface area contributed by atoms with Gasteiger partial charge in [0.25, 0.3) is 0 Å². The fourth-order valence-electron chi connectivity index (χ4n) is 2.50. The first-order valence-corrected chi connectivity index (χ1v) is 7.64. The Morgan fingerprint density at radius 1 is 1.47 bits per heavy atom. The van der Waals surface area contributed by atoms with Crippen molar-refractivity contribution >= 4 is 17.7 Å². The Bertz CT molecular complexity index is 432. The second-order valence-corrected chi connectivity index (χ2v) is 6.08. The summed E-state index contributed by atoms with van der Waals surface area (Å²) in [6, 6.07) is 3.02. The lowest BCUT2D eigenvalue weighted by atomic mass is 10.0. The van der Waals surface area contributed by atoms with Gasteiger partial charge >= 0.3 is 5.97 Å². The van der Waals surface area contributed by atoms with Gasteiger partial charge < -0.3 is 10.2 Å². The second kappa shape index (κ2) is 6.91. The first kappa shape index (κ1) is 14.3. The SMILES string of the molecule is O=C(O)c1ccnc(SCC(O)CC2CCCC2)c1. The van der Waals surface area contributed by atoms with Crippen molar-refractivity contribution in [3.63, 3.8) is 0 Å². The molecule has 1 heterocycles. The zero-order valence-electron chi connectivity index (χ0n) is 10.8. The molecule has 1 aliphatic rings. The molecule has 4 nitrogen and oxygen atoms in total. The summed E-state index contributed by atoms with van der Waals surface area (Å²) < 4.78 is 0. The van der Waals surface area contributed by atoms with Gasteiger partial charge in [0, 0.05) is 11.9 Å². The van der Waals surface area contributed by atoms with E-state index in [9.17, 15) is 9.90 Å². The monoisotopic (exact) mass is 281 g/mol. The Morgan fingerprint density at radius 3 is 2.89 bits per heavy atom. The van der Waals surface area contributed by atoms with Crippen molar-refractivity contribution in [3.05, 3.63) is 23.9 Å². The zero-order chi connectivity index (χ0) is 13.7. The standard InChI is InChI=1S/C14H19NO3S/c16-12(7-10-3-1-2-4-10)9-19-13-8-11(14(17)18)5-6-15-13/h5-6,8,10,12,16H,1-4,7,9H2,(H,17,18). The van der Waals surface area contributed by atoms with E-state index in [-0.39, 0.29) is 11.7 Å². The van der Waals surface area contributed by atoms with E-state index in [0.29, 0.717) is 16.7 Å². The van der Waals surface area contributed by atoms with Gasteiger partial charge in [-0.2, -0.15) is 0 Å². The first-order valence-electron chi connectivity index (χ1n) is 6.65. The van der Waals surface area contributed by atoms with E-state index in [4.69, 9.17) is 5.11 Å². The fraction of sp³-hybridized carbons (Fsp3) is 0.571. The lowest BCUT2D eigenvalue weighted by molar-refractivity contribution is 0.0696. The molecule has 0 radical (unpaired) electrons. The topological polar surface area (TPSA) is 70.4 Å². The number of aromatic nitrogens is 1. The molecule has 5 heteroatoms. The van der Waals surface area contributed by atoms with Crippen LogP contribution in [0.4, 0.5) is 0 Å². The number of rotatable bonds is 6. The number of carboxylic acids is 1. The number of carbonyl (C=O) groups is 1. The maximum absolute atomic E-state index is 10.8. The minimum atomic E-state index is -0.948. The van der Waals surface area contributed by atoms with Crippen LogP contribution in [-0.2, 0) is 0 Å². The highest BCUT2D eigenvalue weighted by Gasteiger charge is 2.19. The van der Waals surface area contributed by atoms with Crippen LogP contribution in [0.15, 0.2) is 23.4 Å². The van der Waals surface area contributed by atoms with E-state index >= 15 is 0 Å². The molecule has 0 saturated heterocycles. The van der Waals surface area contributed by atoms with Crippen LogP contribution < -0.4 is 0 Å². The number of thioether (sulfide) groups is 1. The minimum absolute atomic E-state index is 0.239. The van der Waals surface area contributed by atoms with E-state index in [2.05, 4.69) is 4.98 Å². The highest BCUT2D eigenvalue weighted by atomic mass is 32.2. The first-order chi connectivity index (χ1) is 9.15. The lowest BCUT2D eigenvalue weighted by Gasteiger charge is -2.14. The van der Waals surface area contributed by atoms with Gasteiger partial charge in [0.1, 0.15) is 0 Å². The number of hydrogen-bond donors (Lipinski definition) is 2. The number of aliphatic hydroxyl groups excluding tert-OH is 1. The van der Waals surface area contributed by atoms with Crippen LogP contribution in [0.5, 0.6) is 0 Å². The highest BCUT2D eigenvalue weighted by molar-refractivity contribution is 7.99. The summed E-state index contributed by atoms with van der Waals surface area (Å²) in [6.45, 7) is 0. The van der Waals surface area contributed by atoms with E-state index in [1.165, 1.54) is 49.7 Å². The molecule has 0 spiro atoms. The number of aromatic carboxylic acids is 1. The molecule has 1 fully saturated rings. The van der Waals surface area contributed by atoms with Gasteiger partial charge in [-0.05, 0) is 24.5 Å². The van der Waals surface area contributed by atoms with Gasteiger partial charge in [0.05, 0.1) is 16.7 Å². The summed E-state index contributed by atoms with van der Waals surface area (Å²) >= 11 is 1.42. The third kappa shape index (κ3) is 4.51. The molecular formula is C14H19NO3S. The van der Waals surface area contributed by atoms with Gasteiger partial charge in [0.2, 0.25) is 0 Å². The van der Waals surface area contributed by atoms with Crippen molar-refractivity contribution in [1.82, 2.24) is 4.98 Å². The summed E-state index contributed by atoms with van der Waals surface area (Å²) in [4.78, 5) is 14.9.